The zero-order valence-corrected chi connectivity index (χ0v) is 10.2. The average molecular weight is 229 g/mol. The van der Waals surface area contributed by atoms with Crippen LogP contribution in [0.5, 0.6) is 0 Å². The second kappa shape index (κ2) is 3.05. The Kier molecular flexibility index (Phi) is 1.87. The Morgan fingerprint density at radius 1 is 1.06 bits per heavy atom. The Morgan fingerprint density at radius 3 is 2.62 bits per heavy atom. The molecule has 1 atom stereocenters. The maximum Gasteiger partial charge on any atom is 0.159 e. The molecule has 1 unspecified atom stereocenters. The molecule has 0 saturated carbocycles. The van der Waals surface area contributed by atoms with E-state index in [9.17, 15) is 4.57 Å². The van der Waals surface area contributed by atoms with Crippen molar-refractivity contribution in [3.8, 4) is 11.1 Å². The van der Waals surface area contributed by atoms with Crippen LogP contribution in [0.2, 0.25) is 0 Å². The summed E-state index contributed by atoms with van der Waals surface area (Å²) in [6.07, 6.45) is 0. The molecule has 0 amide bonds. The summed E-state index contributed by atoms with van der Waals surface area (Å²) in [5.74, 6) is 0. The monoisotopic (exact) mass is 229 g/mol. The number of aryl methyl sites for hydroxylation is 1. The Balaban J connectivity index is 2.44. The van der Waals surface area contributed by atoms with E-state index in [0.717, 1.165) is 27.6 Å². The average Bonchev–Trinajstić information content (AvgIpc) is 2.49. The molecule has 3 heteroatoms. The lowest BCUT2D eigenvalue weighted by atomic mass is 10.1. The number of nitrogens with zero attached hydrogens (tertiary/aromatic N) is 1. The molecular weight excluding hydrogens is 217 g/mol. The van der Waals surface area contributed by atoms with E-state index in [1.807, 2.05) is 50.0 Å². The van der Waals surface area contributed by atoms with Crippen molar-refractivity contribution in [3.05, 3.63) is 42.1 Å². The molecule has 0 N–H and O–H groups in total. The third-order valence-electron chi connectivity index (χ3n) is 3.07. The highest BCUT2D eigenvalue weighted by molar-refractivity contribution is 7.79. The predicted octanol–water partition coefficient (Wildman–Crippen LogP) is 2.31. The summed E-state index contributed by atoms with van der Waals surface area (Å²) in [7, 11) is -2.46. The van der Waals surface area contributed by atoms with Gasteiger partial charge in [0.2, 0.25) is 0 Å². The van der Waals surface area contributed by atoms with Gasteiger partial charge in [-0.25, -0.2) is 4.98 Å². The highest BCUT2D eigenvalue weighted by Crippen LogP contribution is 2.48. The minimum absolute atomic E-state index is 0.772. The van der Waals surface area contributed by atoms with Crippen LogP contribution in [0.1, 0.15) is 5.69 Å². The second-order valence-corrected chi connectivity index (χ2v) is 7.02. The molecule has 2 nitrogen and oxygen atoms in total. The number of hydrogen-bond acceptors (Lipinski definition) is 2. The third kappa shape index (κ3) is 1.14. The number of pyridine rings is 1. The third-order valence-corrected chi connectivity index (χ3v) is 5.53. The van der Waals surface area contributed by atoms with E-state index in [1.165, 1.54) is 0 Å². The van der Waals surface area contributed by atoms with Crippen molar-refractivity contribution in [3.63, 3.8) is 0 Å². The van der Waals surface area contributed by atoms with Gasteiger partial charge in [0.05, 0.1) is 0 Å². The second-order valence-electron chi connectivity index (χ2n) is 4.27. The van der Waals surface area contributed by atoms with E-state index in [4.69, 9.17) is 0 Å². The summed E-state index contributed by atoms with van der Waals surface area (Å²) in [4.78, 5) is 4.46. The summed E-state index contributed by atoms with van der Waals surface area (Å²) in [5, 5.41) is 0.947. The highest BCUT2D eigenvalue weighted by atomic mass is 31.2. The van der Waals surface area contributed by atoms with E-state index in [0.29, 0.717) is 0 Å². The van der Waals surface area contributed by atoms with Crippen LogP contribution in [0.15, 0.2) is 36.4 Å². The Hall–Kier alpha value is -1.40. The molecule has 1 aromatic carbocycles. The summed E-state index contributed by atoms with van der Waals surface area (Å²) in [6.45, 7) is 3.74. The van der Waals surface area contributed by atoms with Gasteiger partial charge in [0.25, 0.3) is 0 Å². The van der Waals surface area contributed by atoms with Crippen LogP contribution in [0.4, 0.5) is 0 Å². The Morgan fingerprint density at radius 2 is 1.81 bits per heavy atom. The number of benzene rings is 1. The van der Waals surface area contributed by atoms with Gasteiger partial charge in [-0.15, -0.1) is 0 Å². The molecule has 80 valence electrons. The number of rotatable bonds is 0. The largest absolute Gasteiger partial charge is 0.312 e. The Bertz CT molecular complexity index is 634. The first-order chi connectivity index (χ1) is 7.60. The van der Waals surface area contributed by atoms with Crippen molar-refractivity contribution >= 4 is 17.9 Å². The molecule has 0 radical (unpaired) electrons. The van der Waals surface area contributed by atoms with Crippen molar-refractivity contribution in [2.45, 2.75) is 6.92 Å². The number of aromatic nitrogens is 1. The molecule has 3 rings (SSSR count). The standard InChI is InChI=1S/C13H12NOP/c1-9-7-8-11-10-5-3-4-6-12(10)16(2,15)13(11)14-9/h3-8H,1-2H3. The lowest BCUT2D eigenvalue weighted by Gasteiger charge is -2.06. The van der Waals surface area contributed by atoms with Gasteiger partial charge in [0.1, 0.15) is 5.44 Å². The fraction of sp³-hybridized carbons (Fsp3) is 0.154. The maximum absolute atomic E-state index is 12.7. The lowest BCUT2D eigenvalue weighted by Crippen LogP contribution is -2.12. The van der Waals surface area contributed by atoms with Gasteiger partial charge < -0.3 is 4.57 Å². The van der Waals surface area contributed by atoms with E-state index < -0.39 is 7.14 Å². The van der Waals surface area contributed by atoms with Gasteiger partial charge in [-0.3, -0.25) is 0 Å². The SMILES string of the molecule is Cc1ccc2c(n1)P(C)(=O)c1ccccc1-2. The minimum Gasteiger partial charge on any atom is -0.312 e. The van der Waals surface area contributed by atoms with Crippen LogP contribution < -0.4 is 10.7 Å². The summed E-state index contributed by atoms with van der Waals surface area (Å²) in [6, 6.07) is 11.9. The highest BCUT2D eigenvalue weighted by Gasteiger charge is 2.35. The summed E-state index contributed by atoms with van der Waals surface area (Å²) >= 11 is 0. The lowest BCUT2D eigenvalue weighted by molar-refractivity contribution is 0.590. The van der Waals surface area contributed by atoms with Crippen molar-refractivity contribution in [2.24, 2.45) is 0 Å². The fourth-order valence-corrected chi connectivity index (χ4v) is 4.52. The van der Waals surface area contributed by atoms with Crippen molar-refractivity contribution < 1.29 is 4.57 Å². The molecular formula is C13H12NOP. The van der Waals surface area contributed by atoms with Crippen LogP contribution >= 0.6 is 7.14 Å². The van der Waals surface area contributed by atoms with Crippen LogP contribution in [-0.2, 0) is 4.57 Å². The first-order valence-corrected chi connectivity index (χ1v) is 7.42. The quantitative estimate of drug-likeness (QED) is 0.649. The molecule has 0 bridgehead atoms. The molecule has 0 spiro atoms. The van der Waals surface area contributed by atoms with E-state index in [1.54, 1.807) is 0 Å². The van der Waals surface area contributed by atoms with Gasteiger partial charge >= 0.3 is 0 Å². The van der Waals surface area contributed by atoms with Crippen LogP contribution in [-0.4, -0.2) is 11.6 Å². The summed E-state index contributed by atoms with van der Waals surface area (Å²) < 4.78 is 12.7. The smallest absolute Gasteiger partial charge is 0.159 e. The van der Waals surface area contributed by atoms with Crippen molar-refractivity contribution in [1.29, 1.82) is 0 Å². The Labute approximate surface area is 94.7 Å². The zero-order valence-electron chi connectivity index (χ0n) is 9.27. The fourth-order valence-electron chi connectivity index (χ4n) is 2.27. The van der Waals surface area contributed by atoms with Crippen LogP contribution in [0.25, 0.3) is 11.1 Å². The maximum atomic E-state index is 12.7. The van der Waals surface area contributed by atoms with Gasteiger partial charge in [0, 0.05) is 16.6 Å². The molecule has 1 aliphatic heterocycles. The van der Waals surface area contributed by atoms with E-state index in [2.05, 4.69) is 4.98 Å². The van der Waals surface area contributed by atoms with Gasteiger partial charge in [-0.05, 0) is 25.2 Å². The van der Waals surface area contributed by atoms with Gasteiger partial charge in [0.15, 0.2) is 7.14 Å². The summed E-state index contributed by atoms with van der Waals surface area (Å²) in [5.41, 5.74) is 3.81. The molecule has 2 heterocycles. The molecule has 0 fully saturated rings. The number of hydrogen-bond donors (Lipinski definition) is 0. The van der Waals surface area contributed by atoms with Crippen LogP contribution in [0.3, 0.4) is 0 Å². The molecule has 2 aromatic rings. The molecule has 0 saturated heterocycles. The van der Waals surface area contributed by atoms with Gasteiger partial charge in [-0.1, -0.05) is 30.3 Å². The molecule has 0 aliphatic carbocycles. The first kappa shape index (κ1) is 9.80. The minimum atomic E-state index is -2.46. The number of fused-ring (bicyclic) bond motifs is 3. The van der Waals surface area contributed by atoms with Gasteiger partial charge in [-0.2, -0.15) is 0 Å². The zero-order chi connectivity index (χ0) is 11.3. The predicted molar refractivity (Wildman–Crippen MR) is 67.2 cm³/mol. The molecule has 1 aliphatic rings. The van der Waals surface area contributed by atoms with Crippen LogP contribution in [0, 0.1) is 6.92 Å². The van der Waals surface area contributed by atoms with Crippen molar-refractivity contribution in [1.82, 2.24) is 4.98 Å². The normalized spacial score (nSPS) is 21.6. The van der Waals surface area contributed by atoms with E-state index >= 15 is 0 Å². The molecule has 1 aromatic heterocycles. The van der Waals surface area contributed by atoms with E-state index in [-0.39, 0.29) is 0 Å². The first-order valence-electron chi connectivity index (χ1n) is 5.26. The van der Waals surface area contributed by atoms with Crippen molar-refractivity contribution in [2.75, 3.05) is 6.66 Å². The molecule has 16 heavy (non-hydrogen) atoms. The topological polar surface area (TPSA) is 30.0 Å².